The Labute approximate surface area is 140 Å². The van der Waals surface area contributed by atoms with Gasteiger partial charge in [0.25, 0.3) is 0 Å². The molecular formula is C15H20F2N2O4S. The van der Waals surface area contributed by atoms with Gasteiger partial charge in [0, 0.05) is 46.3 Å². The third-order valence-corrected chi connectivity index (χ3v) is 5.80. The van der Waals surface area contributed by atoms with Crippen LogP contribution in [0.4, 0.5) is 8.78 Å². The summed E-state index contributed by atoms with van der Waals surface area (Å²) in [6.45, 7) is 0.882. The minimum atomic E-state index is -4.27. The molecule has 0 aliphatic carbocycles. The molecule has 0 saturated carbocycles. The fraction of sp³-hybridized carbons (Fsp3) is 0.533. The highest BCUT2D eigenvalue weighted by Gasteiger charge is 2.33. The maximum atomic E-state index is 13.8. The Morgan fingerprint density at radius 3 is 2.29 bits per heavy atom. The zero-order valence-electron chi connectivity index (χ0n) is 13.4. The lowest BCUT2D eigenvalue weighted by atomic mass is 10.2. The number of rotatable bonds is 6. The molecule has 0 bridgehead atoms. The van der Waals surface area contributed by atoms with Gasteiger partial charge in [0.2, 0.25) is 15.9 Å². The maximum absolute atomic E-state index is 13.8. The van der Waals surface area contributed by atoms with E-state index in [4.69, 9.17) is 4.74 Å². The monoisotopic (exact) mass is 362 g/mol. The Morgan fingerprint density at radius 1 is 1.17 bits per heavy atom. The molecule has 9 heteroatoms. The average Bonchev–Trinajstić information content (AvgIpc) is 2.54. The van der Waals surface area contributed by atoms with Crippen molar-refractivity contribution in [2.45, 2.75) is 17.7 Å². The van der Waals surface area contributed by atoms with Crippen LogP contribution < -0.4 is 0 Å². The van der Waals surface area contributed by atoms with E-state index < -0.39 is 26.6 Å². The SMILES string of the molecule is COCCCC(=O)N1CCN(S(=O)(=O)c2c(F)cccc2F)CC1. The number of hydrogen-bond donors (Lipinski definition) is 0. The summed E-state index contributed by atoms with van der Waals surface area (Å²) >= 11 is 0. The van der Waals surface area contributed by atoms with Gasteiger partial charge in [0.15, 0.2) is 4.90 Å². The van der Waals surface area contributed by atoms with Crippen LogP contribution in [0.3, 0.4) is 0 Å². The van der Waals surface area contributed by atoms with Gasteiger partial charge in [-0.25, -0.2) is 17.2 Å². The van der Waals surface area contributed by atoms with E-state index in [9.17, 15) is 22.0 Å². The van der Waals surface area contributed by atoms with Crippen LogP contribution in [0.15, 0.2) is 23.1 Å². The molecule has 1 heterocycles. The number of carbonyl (C=O) groups is 1. The predicted octanol–water partition coefficient (Wildman–Crippen LogP) is 1.22. The highest BCUT2D eigenvalue weighted by molar-refractivity contribution is 7.89. The molecule has 2 rings (SSSR count). The molecule has 0 radical (unpaired) electrons. The van der Waals surface area contributed by atoms with Crippen molar-refractivity contribution in [2.75, 3.05) is 39.9 Å². The number of methoxy groups -OCH3 is 1. The molecule has 24 heavy (non-hydrogen) atoms. The Kier molecular flexibility index (Phi) is 6.25. The van der Waals surface area contributed by atoms with E-state index in [1.165, 1.54) is 0 Å². The summed E-state index contributed by atoms with van der Waals surface area (Å²) in [5.74, 6) is -2.32. The Hall–Kier alpha value is -1.58. The van der Waals surface area contributed by atoms with Crippen LogP contribution in [0.25, 0.3) is 0 Å². The van der Waals surface area contributed by atoms with E-state index in [2.05, 4.69) is 0 Å². The first kappa shape index (κ1) is 18.8. The third-order valence-electron chi connectivity index (χ3n) is 3.85. The number of carbonyl (C=O) groups excluding carboxylic acids is 1. The van der Waals surface area contributed by atoms with Gasteiger partial charge in [-0.1, -0.05) is 6.07 Å². The zero-order chi connectivity index (χ0) is 17.7. The summed E-state index contributed by atoms with van der Waals surface area (Å²) in [7, 11) is -2.72. The molecular weight excluding hydrogens is 342 g/mol. The fourth-order valence-electron chi connectivity index (χ4n) is 2.56. The number of amides is 1. The van der Waals surface area contributed by atoms with Crippen LogP contribution in [0, 0.1) is 11.6 Å². The number of piperazine rings is 1. The van der Waals surface area contributed by atoms with Crippen molar-refractivity contribution >= 4 is 15.9 Å². The number of benzene rings is 1. The second kappa shape index (κ2) is 8.00. The number of nitrogens with zero attached hydrogens (tertiary/aromatic N) is 2. The van der Waals surface area contributed by atoms with Crippen molar-refractivity contribution < 1.29 is 26.7 Å². The molecule has 0 aromatic heterocycles. The van der Waals surface area contributed by atoms with Crippen molar-refractivity contribution in [1.29, 1.82) is 0 Å². The molecule has 1 saturated heterocycles. The van der Waals surface area contributed by atoms with E-state index in [1.54, 1.807) is 12.0 Å². The molecule has 6 nitrogen and oxygen atoms in total. The lowest BCUT2D eigenvalue weighted by Gasteiger charge is -2.34. The van der Waals surface area contributed by atoms with Crippen molar-refractivity contribution in [3.05, 3.63) is 29.8 Å². The first-order valence-corrected chi connectivity index (χ1v) is 9.03. The lowest BCUT2D eigenvalue weighted by molar-refractivity contribution is -0.132. The van der Waals surface area contributed by atoms with Crippen LogP contribution in [-0.4, -0.2) is 63.4 Å². The highest BCUT2D eigenvalue weighted by atomic mass is 32.2. The molecule has 1 aliphatic rings. The number of hydrogen-bond acceptors (Lipinski definition) is 4. The second-order valence-corrected chi connectivity index (χ2v) is 7.31. The molecule has 1 aromatic rings. The molecule has 1 aromatic carbocycles. The molecule has 0 N–H and O–H groups in total. The minimum absolute atomic E-state index is 0.00608. The van der Waals surface area contributed by atoms with Gasteiger partial charge in [-0.05, 0) is 18.6 Å². The minimum Gasteiger partial charge on any atom is -0.385 e. The van der Waals surface area contributed by atoms with Crippen LogP contribution in [0.2, 0.25) is 0 Å². The van der Waals surface area contributed by atoms with Crippen molar-refractivity contribution in [3.8, 4) is 0 Å². The topological polar surface area (TPSA) is 66.9 Å². The van der Waals surface area contributed by atoms with Gasteiger partial charge >= 0.3 is 0 Å². The fourth-order valence-corrected chi connectivity index (χ4v) is 4.09. The quantitative estimate of drug-likeness (QED) is 0.714. The van der Waals surface area contributed by atoms with Gasteiger partial charge < -0.3 is 9.64 Å². The number of halogens is 2. The maximum Gasteiger partial charge on any atom is 0.249 e. The summed E-state index contributed by atoms with van der Waals surface area (Å²) < 4.78 is 58.3. The first-order chi connectivity index (χ1) is 11.4. The zero-order valence-corrected chi connectivity index (χ0v) is 14.2. The summed E-state index contributed by atoms with van der Waals surface area (Å²) in [5.41, 5.74) is 0. The van der Waals surface area contributed by atoms with Crippen LogP contribution >= 0.6 is 0 Å². The lowest BCUT2D eigenvalue weighted by Crippen LogP contribution is -2.50. The van der Waals surface area contributed by atoms with Gasteiger partial charge in [0.1, 0.15) is 11.6 Å². The van der Waals surface area contributed by atoms with E-state index in [-0.39, 0.29) is 32.1 Å². The molecule has 0 unspecified atom stereocenters. The summed E-state index contributed by atoms with van der Waals surface area (Å²) in [6, 6.07) is 2.93. The average molecular weight is 362 g/mol. The normalized spacial score (nSPS) is 16.4. The molecule has 1 fully saturated rings. The number of ether oxygens (including phenoxy) is 1. The van der Waals surface area contributed by atoms with Gasteiger partial charge in [-0.2, -0.15) is 4.31 Å². The Balaban J connectivity index is 2.02. The van der Waals surface area contributed by atoms with Crippen molar-refractivity contribution in [2.24, 2.45) is 0 Å². The molecule has 0 spiro atoms. The van der Waals surface area contributed by atoms with E-state index in [0.29, 0.717) is 19.4 Å². The van der Waals surface area contributed by atoms with Crippen LogP contribution in [0.5, 0.6) is 0 Å². The highest BCUT2D eigenvalue weighted by Crippen LogP contribution is 2.23. The van der Waals surface area contributed by atoms with E-state index in [0.717, 1.165) is 22.5 Å². The van der Waals surface area contributed by atoms with Gasteiger partial charge in [-0.3, -0.25) is 4.79 Å². The van der Waals surface area contributed by atoms with E-state index >= 15 is 0 Å². The van der Waals surface area contributed by atoms with Crippen molar-refractivity contribution in [1.82, 2.24) is 9.21 Å². The van der Waals surface area contributed by atoms with Gasteiger partial charge in [0.05, 0.1) is 0 Å². The number of sulfonamides is 1. The van der Waals surface area contributed by atoms with Crippen LogP contribution in [0.1, 0.15) is 12.8 Å². The summed E-state index contributed by atoms with van der Waals surface area (Å²) in [4.78, 5) is 12.6. The smallest absolute Gasteiger partial charge is 0.249 e. The molecule has 0 atom stereocenters. The largest absolute Gasteiger partial charge is 0.385 e. The molecule has 1 aliphatic heterocycles. The van der Waals surface area contributed by atoms with Crippen molar-refractivity contribution in [3.63, 3.8) is 0 Å². The molecule has 134 valence electrons. The molecule has 1 amide bonds. The summed E-state index contributed by atoms with van der Waals surface area (Å²) in [6.07, 6.45) is 0.914. The van der Waals surface area contributed by atoms with E-state index in [1.807, 2.05) is 0 Å². The Morgan fingerprint density at radius 2 is 1.75 bits per heavy atom. The Bertz CT molecular complexity index is 668. The second-order valence-electron chi connectivity index (χ2n) is 5.43. The third kappa shape index (κ3) is 4.08. The standard InChI is InChI=1S/C15H20F2N2O4S/c1-23-11-3-6-14(20)18-7-9-19(10-8-18)24(21,22)15-12(16)4-2-5-13(15)17/h2,4-5H,3,6-11H2,1H3. The predicted molar refractivity (Wildman–Crippen MR) is 82.8 cm³/mol. The van der Waals surface area contributed by atoms with Gasteiger partial charge in [-0.15, -0.1) is 0 Å². The van der Waals surface area contributed by atoms with Crippen LogP contribution in [-0.2, 0) is 19.6 Å². The summed E-state index contributed by atoms with van der Waals surface area (Å²) in [5, 5.41) is 0. The first-order valence-electron chi connectivity index (χ1n) is 7.59.